The lowest BCUT2D eigenvalue weighted by Gasteiger charge is -2.39. The number of hydrogen-bond donors (Lipinski definition) is 1. The Morgan fingerprint density at radius 3 is 2.63 bits per heavy atom. The molecule has 10 heteroatoms. The molecule has 210 valence electrons. The summed E-state index contributed by atoms with van der Waals surface area (Å²) in [5.74, 6) is 0.863. The molecule has 2 atom stereocenters. The molecule has 10 nitrogen and oxygen atoms in total. The van der Waals surface area contributed by atoms with Crippen LogP contribution in [0.1, 0.15) is 38.1 Å². The first-order valence-electron chi connectivity index (χ1n) is 13.8. The van der Waals surface area contributed by atoms with Gasteiger partial charge in [-0.1, -0.05) is 30.3 Å². The zero-order valence-electron chi connectivity index (χ0n) is 23.7. The zero-order valence-corrected chi connectivity index (χ0v) is 23.7. The van der Waals surface area contributed by atoms with Crippen LogP contribution in [0.3, 0.4) is 0 Å². The second-order valence-electron chi connectivity index (χ2n) is 11.6. The van der Waals surface area contributed by atoms with E-state index in [4.69, 9.17) is 14.7 Å². The lowest BCUT2D eigenvalue weighted by Crippen LogP contribution is -2.54. The largest absolute Gasteiger partial charge is 0.444 e. The molecule has 0 spiro atoms. The topological polar surface area (TPSA) is 112 Å². The van der Waals surface area contributed by atoms with Gasteiger partial charge in [0.15, 0.2) is 11.5 Å². The molecule has 0 radical (unpaired) electrons. The van der Waals surface area contributed by atoms with E-state index in [9.17, 15) is 9.59 Å². The SMILES string of the molecule is CC(C)(C)OC(=O)N1CCN(C2=NC3(C)NC(C(=O)c4ccnc(-c5cncc6ccccc56)c4)=NC3C=C2)CC1. The molecular formula is C31H33N7O3. The van der Waals surface area contributed by atoms with Crippen molar-refractivity contribution in [3.8, 4) is 11.3 Å². The number of carbonyl (C=O) groups is 2. The maximum atomic E-state index is 13.6. The van der Waals surface area contributed by atoms with Crippen molar-refractivity contribution in [1.82, 2.24) is 25.1 Å². The van der Waals surface area contributed by atoms with Gasteiger partial charge in [-0.3, -0.25) is 19.8 Å². The molecular weight excluding hydrogens is 518 g/mol. The fourth-order valence-corrected chi connectivity index (χ4v) is 5.30. The number of amides is 1. The highest BCUT2D eigenvalue weighted by molar-refractivity contribution is 6.45. The first-order chi connectivity index (χ1) is 19.6. The number of nitrogens with one attached hydrogen (secondary N) is 1. The number of Topliss-reactive ketones (excluding diaryl/α,β-unsaturated/α-hetero) is 1. The number of nitrogens with zero attached hydrogens (tertiary/aromatic N) is 6. The van der Waals surface area contributed by atoms with Crippen LogP contribution in [0.2, 0.25) is 0 Å². The van der Waals surface area contributed by atoms with Gasteiger partial charge in [-0.15, -0.1) is 0 Å². The normalized spacial score (nSPS) is 22.1. The van der Waals surface area contributed by atoms with Crippen molar-refractivity contribution in [2.24, 2.45) is 9.98 Å². The summed E-state index contributed by atoms with van der Waals surface area (Å²) in [5.41, 5.74) is 0.717. The molecule has 6 rings (SSSR count). The van der Waals surface area contributed by atoms with Crippen LogP contribution in [0.4, 0.5) is 4.79 Å². The smallest absolute Gasteiger partial charge is 0.410 e. The third-order valence-corrected chi connectivity index (χ3v) is 7.43. The fraction of sp³-hybridized carbons (Fsp3) is 0.355. The molecule has 1 aromatic carbocycles. The predicted molar refractivity (Wildman–Crippen MR) is 158 cm³/mol. The number of benzene rings is 1. The molecule has 0 saturated carbocycles. The molecule has 0 bridgehead atoms. The van der Waals surface area contributed by atoms with Crippen LogP contribution in [0.5, 0.6) is 0 Å². The van der Waals surface area contributed by atoms with Crippen LogP contribution in [0, 0.1) is 0 Å². The van der Waals surface area contributed by atoms with Gasteiger partial charge in [-0.2, -0.15) is 0 Å². The van der Waals surface area contributed by atoms with Crippen molar-refractivity contribution >= 4 is 34.3 Å². The van der Waals surface area contributed by atoms with Gasteiger partial charge in [-0.25, -0.2) is 9.79 Å². The van der Waals surface area contributed by atoms with Gasteiger partial charge in [0.05, 0.1) is 5.69 Å². The quantitative estimate of drug-likeness (QED) is 0.488. The van der Waals surface area contributed by atoms with Gasteiger partial charge in [0.2, 0.25) is 5.78 Å². The first-order valence-corrected chi connectivity index (χ1v) is 13.8. The lowest BCUT2D eigenvalue weighted by atomic mass is 10.0. The number of ether oxygens (including phenoxy) is 1. The second-order valence-corrected chi connectivity index (χ2v) is 11.6. The summed E-state index contributed by atoms with van der Waals surface area (Å²) in [5, 5.41) is 5.33. The van der Waals surface area contributed by atoms with Gasteiger partial charge < -0.3 is 19.9 Å². The van der Waals surface area contributed by atoms with E-state index in [0.29, 0.717) is 37.4 Å². The van der Waals surface area contributed by atoms with Crippen LogP contribution in [0.15, 0.2) is 77.1 Å². The Labute approximate surface area is 238 Å². The number of hydrogen-bond acceptors (Lipinski definition) is 9. The minimum atomic E-state index is -0.785. The Hall–Kier alpha value is -4.60. The van der Waals surface area contributed by atoms with E-state index in [1.54, 1.807) is 29.4 Å². The number of dihydropyridines is 1. The maximum absolute atomic E-state index is 13.6. The Bertz CT molecular complexity index is 1610. The van der Waals surface area contributed by atoms with Crippen molar-refractivity contribution in [2.45, 2.75) is 45.0 Å². The van der Waals surface area contributed by atoms with Gasteiger partial charge in [0.1, 0.15) is 17.5 Å². The number of carbonyl (C=O) groups excluding carboxylic acids is 2. The van der Waals surface area contributed by atoms with Crippen molar-refractivity contribution < 1.29 is 14.3 Å². The maximum Gasteiger partial charge on any atom is 0.410 e. The highest BCUT2D eigenvalue weighted by atomic mass is 16.6. The molecule has 2 aromatic heterocycles. The molecule has 41 heavy (non-hydrogen) atoms. The highest BCUT2D eigenvalue weighted by Gasteiger charge is 2.43. The number of rotatable bonds is 3. The van der Waals surface area contributed by atoms with E-state index in [2.05, 4.69) is 20.2 Å². The summed E-state index contributed by atoms with van der Waals surface area (Å²) in [6.07, 6.45) is 8.87. The Morgan fingerprint density at radius 2 is 1.85 bits per heavy atom. The Balaban J connectivity index is 1.16. The van der Waals surface area contributed by atoms with E-state index in [-0.39, 0.29) is 23.8 Å². The van der Waals surface area contributed by atoms with Gasteiger partial charge in [0, 0.05) is 61.3 Å². The predicted octanol–water partition coefficient (Wildman–Crippen LogP) is 4.09. The number of aromatic nitrogens is 2. The fourth-order valence-electron chi connectivity index (χ4n) is 5.30. The van der Waals surface area contributed by atoms with E-state index >= 15 is 0 Å². The Morgan fingerprint density at radius 1 is 1.07 bits per heavy atom. The standard InChI is InChI=1S/C31H33N7O3/c1-30(2,3)41-29(40)38-15-13-37(14-16-38)26-10-9-25-31(4,35-26)36-28(34-25)27(39)20-11-12-33-24(17-20)23-19-32-18-21-7-5-6-8-22(21)23/h5-12,17-19,25H,13-16H2,1-4H3,(H,34,36). The summed E-state index contributed by atoms with van der Waals surface area (Å²) in [6.45, 7) is 9.92. The third kappa shape index (κ3) is 5.29. The molecule has 1 fully saturated rings. The molecule has 1 amide bonds. The number of piperazine rings is 1. The van der Waals surface area contributed by atoms with Crippen molar-refractivity contribution in [3.05, 3.63) is 72.7 Å². The summed E-state index contributed by atoms with van der Waals surface area (Å²) in [4.78, 5) is 48.5. The average Bonchev–Trinajstić information content (AvgIpc) is 3.32. The summed E-state index contributed by atoms with van der Waals surface area (Å²) < 4.78 is 5.51. The van der Waals surface area contributed by atoms with Crippen molar-refractivity contribution in [1.29, 1.82) is 0 Å². The molecule has 3 aromatic rings. The molecule has 1 N–H and O–H groups in total. The molecule has 2 unspecified atom stereocenters. The number of aliphatic imine (C=N–C) groups is 2. The minimum Gasteiger partial charge on any atom is -0.444 e. The molecule has 5 heterocycles. The van der Waals surface area contributed by atoms with Gasteiger partial charge in [0.25, 0.3) is 0 Å². The van der Waals surface area contributed by atoms with Crippen LogP contribution in [0.25, 0.3) is 22.0 Å². The summed E-state index contributed by atoms with van der Waals surface area (Å²) >= 11 is 0. The zero-order chi connectivity index (χ0) is 28.8. The average molecular weight is 552 g/mol. The van der Waals surface area contributed by atoms with Crippen LogP contribution in [-0.2, 0) is 4.74 Å². The lowest BCUT2D eigenvalue weighted by molar-refractivity contribution is 0.0186. The van der Waals surface area contributed by atoms with E-state index in [1.807, 2.05) is 70.3 Å². The summed E-state index contributed by atoms with van der Waals surface area (Å²) in [6, 6.07) is 11.2. The monoisotopic (exact) mass is 551 g/mol. The minimum absolute atomic E-state index is 0.214. The van der Waals surface area contributed by atoms with Crippen molar-refractivity contribution in [3.63, 3.8) is 0 Å². The van der Waals surface area contributed by atoms with Gasteiger partial charge >= 0.3 is 6.09 Å². The van der Waals surface area contributed by atoms with Crippen molar-refractivity contribution in [2.75, 3.05) is 26.2 Å². The number of pyridine rings is 2. The molecule has 3 aliphatic heterocycles. The third-order valence-electron chi connectivity index (χ3n) is 7.43. The van der Waals surface area contributed by atoms with E-state index < -0.39 is 11.3 Å². The Kier molecular flexibility index (Phi) is 6.56. The van der Waals surface area contributed by atoms with Crippen LogP contribution < -0.4 is 5.32 Å². The summed E-state index contributed by atoms with van der Waals surface area (Å²) in [7, 11) is 0. The molecule has 0 aliphatic carbocycles. The molecule has 1 saturated heterocycles. The first kappa shape index (κ1) is 26.6. The number of fused-ring (bicyclic) bond motifs is 2. The second kappa shape index (κ2) is 10.1. The van der Waals surface area contributed by atoms with Crippen LogP contribution in [-0.4, -0.2) is 86.8 Å². The van der Waals surface area contributed by atoms with E-state index in [1.165, 1.54) is 0 Å². The highest BCUT2D eigenvalue weighted by Crippen LogP contribution is 2.30. The van der Waals surface area contributed by atoms with Gasteiger partial charge in [-0.05, 0) is 51.3 Å². The van der Waals surface area contributed by atoms with Crippen LogP contribution >= 0.6 is 0 Å². The number of ketones is 1. The van der Waals surface area contributed by atoms with E-state index in [0.717, 1.165) is 22.2 Å². The molecule has 3 aliphatic rings. The number of amidine groups is 2.